The van der Waals surface area contributed by atoms with Gasteiger partial charge in [-0.2, -0.15) is 10.2 Å². The summed E-state index contributed by atoms with van der Waals surface area (Å²) in [5, 5.41) is 16.7. The van der Waals surface area contributed by atoms with Gasteiger partial charge in [-0.1, -0.05) is 29.8 Å². The van der Waals surface area contributed by atoms with Crippen molar-refractivity contribution in [3.63, 3.8) is 0 Å². The van der Waals surface area contributed by atoms with Crippen LogP contribution in [0.15, 0.2) is 49.1 Å². The predicted octanol–water partition coefficient (Wildman–Crippen LogP) is 4.55. The second-order valence-electron chi connectivity index (χ2n) is 6.79. The molecule has 0 radical (unpaired) electrons. The fourth-order valence-electron chi connectivity index (χ4n) is 2.85. The van der Waals surface area contributed by atoms with Crippen LogP contribution >= 0.6 is 15.9 Å². The van der Waals surface area contributed by atoms with Gasteiger partial charge in [0.2, 0.25) is 0 Å². The molecule has 7 nitrogen and oxygen atoms in total. The van der Waals surface area contributed by atoms with E-state index in [9.17, 15) is 0 Å². The largest absolute Gasteiger partial charge is 0.323 e. The highest BCUT2D eigenvalue weighted by Crippen LogP contribution is 2.24. The first-order valence-corrected chi connectivity index (χ1v) is 10.2. The lowest BCUT2D eigenvalue weighted by Crippen LogP contribution is -2.00. The molecule has 1 N–H and O–H groups in total. The molecule has 0 spiro atoms. The van der Waals surface area contributed by atoms with Crippen LogP contribution in [0.5, 0.6) is 0 Å². The SMILES string of the molecule is CC(C)c1cnnc(Nc2ccc3ncc(-c4cnn(CCBr)c4)cc3n2)c1. The minimum absolute atomic E-state index is 0.387. The van der Waals surface area contributed by atoms with Crippen molar-refractivity contribution >= 4 is 38.6 Å². The second kappa shape index (κ2) is 8.02. The summed E-state index contributed by atoms with van der Waals surface area (Å²) >= 11 is 3.43. The summed E-state index contributed by atoms with van der Waals surface area (Å²) in [5.41, 5.74) is 4.78. The number of aromatic nitrogens is 6. The van der Waals surface area contributed by atoms with Crippen LogP contribution in [-0.4, -0.2) is 35.3 Å². The Balaban J connectivity index is 1.63. The van der Waals surface area contributed by atoms with Crippen LogP contribution in [0, 0.1) is 0 Å². The molecule has 0 aromatic carbocycles. The zero-order valence-electron chi connectivity index (χ0n) is 15.7. The van der Waals surface area contributed by atoms with Gasteiger partial charge in [0.15, 0.2) is 5.82 Å². The monoisotopic (exact) mass is 437 g/mol. The smallest absolute Gasteiger partial charge is 0.154 e. The zero-order valence-corrected chi connectivity index (χ0v) is 17.3. The van der Waals surface area contributed by atoms with Gasteiger partial charge < -0.3 is 5.32 Å². The summed E-state index contributed by atoms with van der Waals surface area (Å²) < 4.78 is 1.90. The maximum Gasteiger partial charge on any atom is 0.154 e. The summed E-state index contributed by atoms with van der Waals surface area (Å²) in [4.78, 5) is 9.23. The minimum atomic E-state index is 0.387. The summed E-state index contributed by atoms with van der Waals surface area (Å²) in [7, 11) is 0. The van der Waals surface area contributed by atoms with E-state index in [2.05, 4.69) is 55.4 Å². The van der Waals surface area contributed by atoms with Crippen LogP contribution in [0.25, 0.3) is 22.2 Å². The topological polar surface area (TPSA) is 81.4 Å². The van der Waals surface area contributed by atoms with Crippen LogP contribution in [0.2, 0.25) is 0 Å². The third kappa shape index (κ3) is 4.01. The predicted molar refractivity (Wildman–Crippen MR) is 114 cm³/mol. The third-order valence-electron chi connectivity index (χ3n) is 4.42. The summed E-state index contributed by atoms with van der Waals surface area (Å²) in [5.74, 6) is 1.77. The Kier molecular flexibility index (Phi) is 5.29. The lowest BCUT2D eigenvalue weighted by atomic mass is 10.1. The van der Waals surface area contributed by atoms with Crippen molar-refractivity contribution in [1.29, 1.82) is 0 Å². The maximum atomic E-state index is 4.70. The molecule has 4 rings (SSSR count). The fraction of sp³-hybridized carbons (Fsp3) is 0.250. The number of halogens is 1. The van der Waals surface area contributed by atoms with Gasteiger partial charge in [0.05, 0.1) is 30.0 Å². The molecular formula is C20H20BrN7. The minimum Gasteiger partial charge on any atom is -0.323 e. The molecule has 0 amide bonds. The fourth-order valence-corrected chi connectivity index (χ4v) is 3.21. The van der Waals surface area contributed by atoms with E-state index in [1.165, 1.54) is 0 Å². The number of hydrogen-bond donors (Lipinski definition) is 1. The average molecular weight is 438 g/mol. The van der Waals surface area contributed by atoms with E-state index in [4.69, 9.17) is 4.98 Å². The van der Waals surface area contributed by atoms with Gasteiger partial charge in [-0.15, -0.1) is 5.10 Å². The highest BCUT2D eigenvalue weighted by Gasteiger charge is 2.07. The van der Waals surface area contributed by atoms with Gasteiger partial charge in [0.1, 0.15) is 5.82 Å². The van der Waals surface area contributed by atoms with Gasteiger partial charge in [-0.3, -0.25) is 9.67 Å². The molecule has 0 bridgehead atoms. The molecule has 142 valence electrons. The molecule has 0 fully saturated rings. The molecule has 4 aromatic rings. The molecule has 4 aromatic heterocycles. The van der Waals surface area contributed by atoms with E-state index in [0.29, 0.717) is 17.6 Å². The van der Waals surface area contributed by atoms with Crippen LogP contribution < -0.4 is 5.32 Å². The summed E-state index contributed by atoms with van der Waals surface area (Å²) in [6, 6.07) is 7.87. The zero-order chi connectivity index (χ0) is 19.5. The van der Waals surface area contributed by atoms with Crippen molar-refractivity contribution in [2.24, 2.45) is 0 Å². The van der Waals surface area contributed by atoms with E-state index < -0.39 is 0 Å². The van der Waals surface area contributed by atoms with Crippen LogP contribution in [-0.2, 0) is 6.54 Å². The number of nitrogens with zero attached hydrogens (tertiary/aromatic N) is 6. The molecule has 0 aliphatic rings. The molecule has 0 unspecified atom stereocenters. The van der Waals surface area contributed by atoms with Crippen LogP contribution in [0.3, 0.4) is 0 Å². The van der Waals surface area contributed by atoms with Gasteiger partial charge in [-0.05, 0) is 35.7 Å². The number of nitrogens with one attached hydrogen (secondary N) is 1. The number of anilines is 2. The number of fused-ring (bicyclic) bond motifs is 1. The van der Waals surface area contributed by atoms with Crippen molar-refractivity contribution in [2.45, 2.75) is 26.3 Å². The Morgan fingerprint density at radius 3 is 2.75 bits per heavy atom. The molecule has 0 saturated carbocycles. The Hall–Kier alpha value is -2.87. The van der Waals surface area contributed by atoms with Gasteiger partial charge in [-0.25, -0.2) is 4.98 Å². The van der Waals surface area contributed by atoms with Crippen LogP contribution in [0.1, 0.15) is 25.3 Å². The number of aryl methyl sites for hydroxylation is 1. The Morgan fingerprint density at radius 1 is 1.04 bits per heavy atom. The molecule has 0 aliphatic carbocycles. The molecule has 28 heavy (non-hydrogen) atoms. The van der Waals surface area contributed by atoms with Crippen LogP contribution in [0.4, 0.5) is 11.6 Å². The Bertz CT molecular complexity index is 1110. The van der Waals surface area contributed by atoms with E-state index in [-0.39, 0.29) is 0 Å². The first-order valence-electron chi connectivity index (χ1n) is 9.07. The molecular weight excluding hydrogens is 418 g/mol. The van der Waals surface area contributed by atoms with Crippen molar-refractivity contribution in [3.05, 3.63) is 54.6 Å². The molecule has 0 atom stereocenters. The maximum absolute atomic E-state index is 4.70. The normalized spacial score (nSPS) is 11.3. The quantitative estimate of drug-likeness (QED) is 0.445. The molecule has 0 saturated heterocycles. The van der Waals surface area contributed by atoms with Gasteiger partial charge >= 0.3 is 0 Å². The molecule has 8 heteroatoms. The lowest BCUT2D eigenvalue weighted by molar-refractivity contribution is 0.669. The number of pyridine rings is 2. The van der Waals surface area contributed by atoms with E-state index >= 15 is 0 Å². The van der Waals surface area contributed by atoms with E-state index in [0.717, 1.165) is 39.6 Å². The standard InChI is InChI=1S/C20H20BrN7/c1-13(2)14-8-20(27-23-10-14)26-19-4-3-17-18(25-19)7-15(9-22-17)16-11-24-28(12-16)6-5-21/h3-4,7-13H,5-6H2,1-2H3,(H,25,26,27). The highest BCUT2D eigenvalue weighted by atomic mass is 79.9. The van der Waals surface area contributed by atoms with E-state index in [1.807, 2.05) is 47.5 Å². The highest BCUT2D eigenvalue weighted by molar-refractivity contribution is 9.09. The second-order valence-corrected chi connectivity index (χ2v) is 7.59. The van der Waals surface area contributed by atoms with Crippen molar-refractivity contribution in [1.82, 2.24) is 29.9 Å². The van der Waals surface area contributed by atoms with Gasteiger partial charge in [0, 0.05) is 28.9 Å². The first kappa shape index (κ1) is 18.5. The van der Waals surface area contributed by atoms with Gasteiger partial charge in [0.25, 0.3) is 0 Å². The number of alkyl halides is 1. The Morgan fingerprint density at radius 2 is 1.93 bits per heavy atom. The van der Waals surface area contributed by atoms with E-state index in [1.54, 1.807) is 6.20 Å². The van der Waals surface area contributed by atoms with Crippen molar-refractivity contribution in [3.8, 4) is 11.1 Å². The summed E-state index contributed by atoms with van der Waals surface area (Å²) in [6.07, 6.45) is 7.50. The number of rotatable bonds is 6. The molecule has 4 heterocycles. The average Bonchev–Trinajstić information content (AvgIpc) is 3.16. The van der Waals surface area contributed by atoms with Crippen molar-refractivity contribution < 1.29 is 0 Å². The molecule has 0 aliphatic heterocycles. The third-order valence-corrected chi connectivity index (χ3v) is 4.77. The number of hydrogen-bond acceptors (Lipinski definition) is 6. The van der Waals surface area contributed by atoms with Crippen molar-refractivity contribution in [2.75, 3.05) is 10.6 Å². The lowest BCUT2D eigenvalue weighted by Gasteiger charge is -2.09. The Labute approximate surface area is 171 Å². The summed E-state index contributed by atoms with van der Waals surface area (Å²) in [6.45, 7) is 5.08. The first-order chi connectivity index (χ1) is 13.6.